The highest BCUT2D eigenvalue weighted by atomic mass is 79.9. The summed E-state index contributed by atoms with van der Waals surface area (Å²) >= 11 is 8.17. The molecule has 0 saturated carbocycles. The molecule has 0 radical (unpaired) electrons. The normalized spacial score (nSPS) is 11.7. The smallest absolute Gasteiger partial charge is 0.250 e. The first-order chi connectivity index (χ1) is 15.4. The number of allylic oxidation sites excluding steroid dienone is 2. The molecule has 0 saturated heterocycles. The third-order valence-electron chi connectivity index (χ3n) is 4.06. The van der Waals surface area contributed by atoms with Crippen molar-refractivity contribution in [2.24, 2.45) is 5.10 Å². The van der Waals surface area contributed by atoms with Crippen LogP contribution in [-0.4, -0.2) is 32.6 Å². The van der Waals surface area contributed by atoms with Crippen molar-refractivity contribution in [3.05, 3.63) is 81.3 Å². The maximum Gasteiger partial charge on any atom is 0.250 e. The van der Waals surface area contributed by atoms with Gasteiger partial charge in [0.15, 0.2) is 11.0 Å². The Morgan fingerprint density at radius 1 is 1.19 bits per heavy atom. The summed E-state index contributed by atoms with van der Waals surface area (Å²) < 4.78 is 3.70. The van der Waals surface area contributed by atoms with Gasteiger partial charge in [0.1, 0.15) is 0 Å². The lowest BCUT2D eigenvalue weighted by atomic mass is 10.2. The van der Waals surface area contributed by atoms with E-state index < -0.39 is 0 Å². The van der Waals surface area contributed by atoms with E-state index >= 15 is 0 Å². The number of benzene rings is 2. The number of halogens is 2. The van der Waals surface area contributed by atoms with Crippen molar-refractivity contribution in [2.45, 2.75) is 18.6 Å². The first-order valence-electron chi connectivity index (χ1n) is 9.63. The van der Waals surface area contributed by atoms with Crippen molar-refractivity contribution < 1.29 is 4.79 Å². The van der Waals surface area contributed by atoms with E-state index in [4.69, 9.17) is 0 Å². The molecular weight excluding hydrogens is 554 g/mol. The monoisotopic (exact) mass is 573 g/mol. The molecule has 1 N–H and O–H groups in total. The average Bonchev–Trinajstić information content (AvgIpc) is 3.15. The fourth-order valence-electron chi connectivity index (χ4n) is 2.69. The first-order valence-corrected chi connectivity index (χ1v) is 12.2. The number of carbonyl (C=O) groups excluding carboxylic acids is 1. The van der Waals surface area contributed by atoms with E-state index in [1.165, 1.54) is 11.8 Å². The van der Waals surface area contributed by atoms with Crippen LogP contribution in [0.4, 0.5) is 0 Å². The topological polar surface area (TPSA) is 72.2 Å². The van der Waals surface area contributed by atoms with Gasteiger partial charge in [0, 0.05) is 21.1 Å². The number of carbonyl (C=O) groups is 1. The van der Waals surface area contributed by atoms with Crippen LogP contribution >= 0.6 is 43.6 Å². The van der Waals surface area contributed by atoms with Gasteiger partial charge in [-0.05, 0) is 46.6 Å². The van der Waals surface area contributed by atoms with Gasteiger partial charge < -0.3 is 0 Å². The molecule has 0 atom stereocenters. The Kier molecular flexibility index (Phi) is 9.01. The minimum Gasteiger partial charge on any atom is -0.298 e. The van der Waals surface area contributed by atoms with E-state index in [0.717, 1.165) is 31.5 Å². The average molecular weight is 575 g/mol. The molecule has 32 heavy (non-hydrogen) atoms. The zero-order chi connectivity index (χ0) is 22.9. The summed E-state index contributed by atoms with van der Waals surface area (Å²) in [4.78, 5) is 12.2. The lowest BCUT2D eigenvalue weighted by Gasteiger charge is -2.10. The third kappa shape index (κ3) is 7.29. The minimum absolute atomic E-state index is 0.159. The molecule has 0 spiro atoms. The summed E-state index contributed by atoms with van der Waals surface area (Å²) in [5, 5.41) is 13.3. The summed E-state index contributed by atoms with van der Waals surface area (Å²) in [5.41, 5.74) is 5.48. The molecule has 0 aliphatic heterocycles. The SMILES string of the molecule is C=C(C)Cn1c(SCC(=O)N/N=C\C(Br)=C\c2ccccc2)nnc1-c1ccc(Br)cc1. The molecule has 9 heteroatoms. The molecule has 164 valence electrons. The Hall–Kier alpha value is -2.49. The lowest BCUT2D eigenvalue weighted by molar-refractivity contribution is -0.118. The highest BCUT2D eigenvalue weighted by molar-refractivity contribution is 9.12. The van der Waals surface area contributed by atoms with Gasteiger partial charge in [-0.15, -0.1) is 10.2 Å². The van der Waals surface area contributed by atoms with E-state index in [0.29, 0.717) is 11.7 Å². The van der Waals surface area contributed by atoms with Gasteiger partial charge in [-0.25, -0.2) is 5.43 Å². The van der Waals surface area contributed by atoms with Crippen molar-refractivity contribution in [2.75, 3.05) is 5.75 Å². The lowest BCUT2D eigenvalue weighted by Crippen LogP contribution is -2.20. The number of hydrogen-bond acceptors (Lipinski definition) is 5. The van der Waals surface area contributed by atoms with Crippen molar-refractivity contribution >= 4 is 61.8 Å². The van der Waals surface area contributed by atoms with Crippen LogP contribution in [-0.2, 0) is 11.3 Å². The summed E-state index contributed by atoms with van der Waals surface area (Å²) in [7, 11) is 0. The number of hydrogen-bond donors (Lipinski definition) is 1. The summed E-state index contributed by atoms with van der Waals surface area (Å²) in [6, 6.07) is 17.7. The Labute approximate surface area is 208 Å². The molecule has 1 heterocycles. The van der Waals surface area contributed by atoms with Crippen LogP contribution in [0.3, 0.4) is 0 Å². The predicted octanol–water partition coefficient (Wildman–Crippen LogP) is 5.91. The van der Waals surface area contributed by atoms with Crippen molar-refractivity contribution in [3.8, 4) is 11.4 Å². The predicted molar refractivity (Wildman–Crippen MR) is 139 cm³/mol. The molecule has 0 unspecified atom stereocenters. The van der Waals surface area contributed by atoms with Crippen LogP contribution in [0.1, 0.15) is 12.5 Å². The van der Waals surface area contributed by atoms with Gasteiger partial charge in [0.2, 0.25) is 0 Å². The van der Waals surface area contributed by atoms with Gasteiger partial charge in [-0.3, -0.25) is 9.36 Å². The van der Waals surface area contributed by atoms with E-state index in [9.17, 15) is 4.79 Å². The molecule has 0 aliphatic rings. The zero-order valence-corrected chi connectivity index (χ0v) is 21.3. The van der Waals surface area contributed by atoms with E-state index in [1.807, 2.05) is 72.2 Å². The molecule has 1 amide bonds. The van der Waals surface area contributed by atoms with Crippen molar-refractivity contribution in [1.82, 2.24) is 20.2 Å². The van der Waals surface area contributed by atoms with Gasteiger partial charge >= 0.3 is 0 Å². The maximum absolute atomic E-state index is 12.2. The molecule has 0 bridgehead atoms. The zero-order valence-electron chi connectivity index (χ0n) is 17.3. The van der Waals surface area contributed by atoms with E-state index in [2.05, 4.69) is 59.2 Å². The van der Waals surface area contributed by atoms with Crippen LogP contribution in [0.15, 0.2) is 86.0 Å². The minimum atomic E-state index is -0.235. The number of hydrazone groups is 1. The molecule has 0 fully saturated rings. The van der Waals surface area contributed by atoms with Crippen LogP contribution in [0, 0.1) is 0 Å². The van der Waals surface area contributed by atoms with Gasteiger partial charge in [-0.2, -0.15) is 5.10 Å². The molecular formula is C23H21Br2N5OS. The van der Waals surface area contributed by atoms with Crippen LogP contribution in [0.5, 0.6) is 0 Å². The molecule has 1 aromatic heterocycles. The Morgan fingerprint density at radius 3 is 2.59 bits per heavy atom. The summed E-state index contributed by atoms with van der Waals surface area (Å²) in [6.07, 6.45) is 3.46. The summed E-state index contributed by atoms with van der Waals surface area (Å²) in [6.45, 7) is 6.51. The Bertz CT molecular complexity index is 1140. The van der Waals surface area contributed by atoms with E-state index in [1.54, 1.807) is 6.21 Å². The van der Waals surface area contributed by atoms with Gasteiger partial charge in [-0.1, -0.05) is 82.3 Å². The fraction of sp³-hybridized carbons (Fsp3) is 0.130. The van der Waals surface area contributed by atoms with Crippen LogP contribution < -0.4 is 5.43 Å². The maximum atomic E-state index is 12.2. The second-order valence-corrected chi connectivity index (χ2v) is 9.65. The molecule has 6 nitrogen and oxygen atoms in total. The Balaban J connectivity index is 1.62. The number of rotatable bonds is 9. The number of nitrogens with one attached hydrogen (secondary N) is 1. The number of nitrogens with zero attached hydrogens (tertiary/aromatic N) is 4. The highest BCUT2D eigenvalue weighted by Crippen LogP contribution is 2.26. The Morgan fingerprint density at radius 2 is 1.91 bits per heavy atom. The van der Waals surface area contributed by atoms with Crippen LogP contribution in [0.25, 0.3) is 17.5 Å². The second kappa shape index (κ2) is 11.9. The second-order valence-electron chi connectivity index (χ2n) is 6.88. The molecule has 0 aliphatic carbocycles. The first kappa shape index (κ1) is 24.2. The van der Waals surface area contributed by atoms with Crippen molar-refractivity contribution in [3.63, 3.8) is 0 Å². The molecule has 3 aromatic rings. The third-order valence-corrected chi connectivity index (χ3v) is 5.99. The number of amides is 1. The quantitative estimate of drug-likeness (QED) is 0.149. The van der Waals surface area contributed by atoms with Gasteiger partial charge in [0.05, 0.1) is 12.0 Å². The summed E-state index contributed by atoms with van der Waals surface area (Å²) in [5.74, 6) is 0.657. The number of aromatic nitrogens is 3. The highest BCUT2D eigenvalue weighted by Gasteiger charge is 2.15. The van der Waals surface area contributed by atoms with Gasteiger partial charge in [0.25, 0.3) is 5.91 Å². The largest absolute Gasteiger partial charge is 0.298 e. The van der Waals surface area contributed by atoms with E-state index in [-0.39, 0.29) is 11.7 Å². The van der Waals surface area contributed by atoms with Crippen LogP contribution in [0.2, 0.25) is 0 Å². The van der Waals surface area contributed by atoms with Crippen molar-refractivity contribution in [1.29, 1.82) is 0 Å². The standard InChI is InChI=1S/C23H21Br2N5OS/c1-16(2)14-30-22(18-8-10-19(24)11-9-18)28-29-23(30)32-15-21(31)27-26-13-20(25)12-17-6-4-3-5-7-17/h3-13H,1,14-15H2,2H3,(H,27,31)/b20-12-,26-13-. The number of thioether (sulfide) groups is 1. The molecule has 3 rings (SSSR count). The molecule has 2 aromatic carbocycles. The fourth-order valence-corrected chi connectivity index (χ4v) is 4.06.